The van der Waals surface area contributed by atoms with Crippen LogP contribution < -0.4 is 5.32 Å². The monoisotopic (exact) mass is 401 g/mol. The molecule has 1 saturated heterocycles. The third kappa shape index (κ3) is 7.65. The van der Waals surface area contributed by atoms with Crippen molar-refractivity contribution in [1.29, 1.82) is 0 Å². The van der Waals surface area contributed by atoms with Gasteiger partial charge in [0, 0.05) is 12.5 Å². The fourth-order valence-corrected chi connectivity index (χ4v) is 3.71. The molecule has 5 nitrogen and oxygen atoms in total. The van der Waals surface area contributed by atoms with Crippen molar-refractivity contribution in [3.05, 3.63) is 47.6 Å². The van der Waals surface area contributed by atoms with E-state index < -0.39 is 0 Å². The van der Waals surface area contributed by atoms with Crippen molar-refractivity contribution >= 4 is 11.9 Å². The number of ether oxygens (including phenoxy) is 2. The first-order valence-electron chi connectivity index (χ1n) is 10.6. The number of amides is 1. The van der Waals surface area contributed by atoms with E-state index in [-0.39, 0.29) is 36.2 Å². The number of allylic oxidation sites excluding steroid dienone is 3. The second kappa shape index (κ2) is 11.1. The largest absolute Gasteiger partial charge is 0.455 e. The summed E-state index contributed by atoms with van der Waals surface area (Å²) < 4.78 is 11.5. The van der Waals surface area contributed by atoms with Gasteiger partial charge in [-0.3, -0.25) is 4.79 Å². The maximum Gasteiger partial charge on any atom is 0.331 e. The molecule has 0 aromatic rings. The van der Waals surface area contributed by atoms with Crippen LogP contribution in [0.5, 0.6) is 0 Å². The van der Waals surface area contributed by atoms with Crippen LogP contribution in [0.1, 0.15) is 60.3 Å². The van der Waals surface area contributed by atoms with Gasteiger partial charge in [-0.05, 0) is 58.1 Å². The minimum atomic E-state index is -0.268. The number of hydrogen-bond acceptors (Lipinski definition) is 4. The van der Waals surface area contributed by atoms with Gasteiger partial charge in [0.2, 0.25) is 5.91 Å². The Balaban J connectivity index is 1.85. The van der Waals surface area contributed by atoms with Crippen molar-refractivity contribution in [3.63, 3.8) is 0 Å². The summed E-state index contributed by atoms with van der Waals surface area (Å²) in [6.07, 6.45) is 14.4. The third-order valence-corrected chi connectivity index (χ3v) is 5.45. The van der Waals surface area contributed by atoms with E-state index in [0.717, 1.165) is 36.8 Å². The van der Waals surface area contributed by atoms with E-state index >= 15 is 0 Å². The molecule has 0 aromatic heterocycles. The van der Waals surface area contributed by atoms with E-state index in [2.05, 4.69) is 18.3 Å². The normalized spacial score (nSPS) is 31.1. The van der Waals surface area contributed by atoms with Gasteiger partial charge in [0.15, 0.2) is 0 Å². The first-order chi connectivity index (χ1) is 13.8. The summed E-state index contributed by atoms with van der Waals surface area (Å²) in [5, 5.41) is 3.06. The Hall–Kier alpha value is -2.14. The number of rotatable bonds is 7. The summed E-state index contributed by atoms with van der Waals surface area (Å²) in [7, 11) is 0. The van der Waals surface area contributed by atoms with Crippen molar-refractivity contribution in [3.8, 4) is 0 Å². The zero-order chi connectivity index (χ0) is 21.4. The zero-order valence-electron chi connectivity index (χ0n) is 18.3. The van der Waals surface area contributed by atoms with E-state index in [9.17, 15) is 9.59 Å². The summed E-state index contributed by atoms with van der Waals surface area (Å²) in [5.74, 6) is 0.0365. The minimum Gasteiger partial charge on any atom is -0.455 e. The van der Waals surface area contributed by atoms with Crippen LogP contribution in [0, 0.1) is 5.92 Å². The van der Waals surface area contributed by atoms with Gasteiger partial charge in [-0.2, -0.15) is 0 Å². The molecule has 160 valence electrons. The highest BCUT2D eigenvalue weighted by Crippen LogP contribution is 2.28. The maximum atomic E-state index is 12.0. The predicted molar refractivity (Wildman–Crippen MR) is 115 cm³/mol. The first kappa shape index (κ1) is 23.1. The molecular weight excluding hydrogens is 366 g/mol. The number of carbonyl (C=O) groups is 2. The molecular formula is C24H35NO4. The van der Waals surface area contributed by atoms with Crippen LogP contribution in [0.2, 0.25) is 0 Å². The lowest BCUT2D eigenvalue weighted by atomic mass is 9.88. The third-order valence-electron chi connectivity index (χ3n) is 5.45. The van der Waals surface area contributed by atoms with Gasteiger partial charge in [-0.1, -0.05) is 43.2 Å². The molecule has 1 amide bonds. The highest BCUT2D eigenvalue weighted by molar-refractivity contribution is 5.87. The smallest absolute Gasteiger partial charge is 0.331 e. The minimum absolute atomic E-state index is 0.0177. The van der Waals surface area contributed by atoms with Crippen LogP contribution in [0.3, 0.4) is 0 Å². The molecule has 29 heavy (non-hydrogen) atoms. The van der Waals surface area contributed by atoms with Crippen molar-refractivity contribution in [2.24, 2.45) is 5.92 Å². The van der Waals surface area contributed by atoms with Crippen LogP contribution in [-0.2, 0) is 19.1 Å². The fraction of sp³-hybridized carbons (Fsp3) is 0.583. The van der Waals surface area contributed by atoms with Gasteiger partial charge < -0.3 is 14.8 Å². The van der Waals surface area contributed by atoms with Gasteiger partial charge in [-0.15, -0.1) is 0 Å². The molecule has 1 N–H and O–H groups in total. The van der Waals surface area contributed by atoms with E-state index in [0.29, 0.717) is 5.92 Å². The Morgan fingerprint density at radius 2 is 2.07 bits per heavy atom. The standard InChI is InChI=1S/C24H35NO4/c1-6-7-8-23(26)25-21-15-18(4)22(28-19(21)5)12-10-16(2)9-11-20-13-17(3)14-24(27)29-20/h7-11,14,18-22H,6,12-13,15H2,1-5H3,(H,25,26)/b8-7-,11-9+,16-10+/t18-,19+,20+,21+,22-/m0/s1. The molecule has 2 aliphatic rings. The van der Waals surface area contributed by atoms with Crippen molar-refractivity contribution in [1.82, 2.24) is 5.32 Å². The number of esters is 1. The number of nitrogens with one attached hydrogen (secondary N) is 1. The van der Waals surface area contributed by atoms with Crippen molar-refractivity contribution in [2.75, 3.05) is 0 Å². The molecule has 5 atom stereocenters. The summed E-state index contributed by atoms with van der Waals surface area (Å²) in [4.78, 5) is 23.4. The number of cyclic esters (lactones) is 1. The molecule has 0 saturated carbocycles. The first-order valence-corrected chi connectivity index (χ1v) is 10.6. The van der Waals surface area contributed by atoms with Crippen LogP contribution in [0.25, 0.3) is 0 Å². The summed E-state index contributed by atoms with van der Waals surface area (Å²) in [5.41, 5.74) is 2.17. The topological polar surface area (TPSA) is 64.6 Å². The van der Waals surface area contributed by atoms with E-state index in [1.807, 2.05) is 45.9 Å². The molecule has 0 spiro atoms. The molecule has 0 bridgehead atoms. The lowest BCUT2D eigenvalue weighted by molar-refractivity contribution is -0.142. The van der Waals surface area contributed by atoms with Gasteiger partial charge in [0.1, 0.15) is 6.10 Å². The number of hydrogen-bond donors (Lipinski definition) is 1. The zero-order valence-corrected chi connectivity index (χ0v) is 18.3. The average molecular weight is 402 g/mol. The molecule has 2 heterocycles. The van der Waals surface area contributed by atoms with Gasteiger partial charge in [0.05, 0.1) is 18.2 Å². The molecule has 0 radical (unpaired) electrons. The van der Waals surface area contributed by atoms with E-state index in [1.165, 1.54) is 0 Å². The Morgan fingerprint density at radius 1 is 1.31 bits per heavy atom. The van der Waals surface area contributed by atoms with Crippen molar-refractivity contribution in [2.45, 2.75) is 84.7 Å². The second-order valence-corrected chi connectivity index (χ2v) is 8.23. The molecule has 2 rings (SSSR count). The van der Waals surface area contributed by atoms with Crippen LogP contribution in [0.4, 0.5) is 0 Å². The van der Waals surface area contributed by atoms with E-state index in [1.54, 1.807) is 12.2 Å². The van der Waals surface area contributed by atoms with Crippen molar-refractivity contribution < 1.29 is 19.1 Å². The highest BCUT2D eigenvalue weighted by Gasteiger charge is 2.33. The molecule has 0 unspecified atom stereocenters. The second-order valence-electron chi connectivity index (χ2n) is 8.23. The van der Waals surface area contributed by atoms with Gasteiger partial charge >= 0.3 is 5.97 Å². The van der Waals surface area contributed by atoms with Crippen LogP contribution in [0.15, 0.2) is 47.6 Å². The summed E-state index contributed by atoms with van der Waals surface area (Å²) in [6, 6.07) is 0.0394. The average Bonchev–Trinajstić information content (AvgIpc) is 2.65. The highest BCUT2D eigenvalue weighted by atomic mass is 16.5. The molecule has 0 aromatic carbocycles. The fourth-order valence-electron chi connectivity index (χ4n) is 3.71. The quantitative estimate of drug-likeness (QED) is 0.390. The van der Waals surface area contributed by atoms with Gasteiger partial charge in [-0.25, -0.2) is 4.79 Å². The summed E-state index contributed by atoms with van der Waals surface area (Å²) in [6.45, 7) is 10.2. The maximum absolute atomic E-state index is 12.0. The van der Waals surface area contributed by atoms with Crippen LogP contribution >= 0.6 is 0 Å². The molecule has 5 heteroatoms. The SMILES string of the molecule is CC/C=C\C(=O)N[C@@H]1C[C@H](C)[C@H](C/C=C(C)/C=C/[C@@H]2CC(C)=CC(=O)O2)O[C@@H]1C. The summed E-state index contributed by atoms with van der Waals surface area (Å²) >= 11 is 0. The Bertz CT molecular complexity index is 704. The van der Waals surface area contributed by atoms with E-state index in [4.69, 9.17) is 9.47 Å². The van der Waals surface area contributed by atoms with Crippen LogP contribution in [-0.4, -0.2) is 36.2 Å². The lowest BCUT2D eigenvalue weighted by Gasteiger charge is -2.39. The Labute approximate surface area is 174 Å². The Morgan fingerprint density at radius 3 is 2.76 bits per heavy atom. The molecule has 2 aliphatic heterocycles. The molecule has 1 fully saturated rings. The number of carbonyl (C=O) groups excluding carboxylic acids is 2. The Kier molecular flexibility index (Phi) is 8.90. The lowest BCUT2D eigenvalue weighted by Crippen LogP contribution is -2.50. The van der Waals surface area contributed by atoms with Gasteiger partial charge in [0.25, 0.3) is 0 Å². The predicted octanol–water partition coefficient (Wildman–Crippen LogP) is 4.41. The molecule has 0 aliphatic carbocycles.